The molecule has 8 heteroatoms. The van der Waals surface area contributed by atoms with Crippen LogP contribution >= 0.6 is 0 Å². The highest BCUT2D eigenvalue weighted by molar-refractivity contribution is 6.06. The highest BCUT2D eigenvalue weighted by atomic mass is 19.4. The van der Waals surface area contributed by atoms with Crippen LogP contribution in [0.5, 0.6) is 17.2 Å². The summed E-state index contributed by atoms with van der Waals surface area (Å²) in [5, 5.41) is 12.7. The largest absolute Gasteiger partial charge is 0.507 e. The van der Waals surface area contributed by atoms with Gasteiger partial charge < -0.3 is 19.3 Å². The average Bonchev–Trinajstić information content (AvgIpc) is 3.42. The minimum atomic E-state index is -4.42. The SMILES string of the molecule is Oc1cc2c(c3cc4c(cc13)OC(N1CCOCC1)O4)-c1ccc(C(F)(F)F)cc1C21CCCCCCC1. The molecule has 0 aromatic heterocycles. The molecule has 4 aliphatic rings. The second-order valence-corrected chi connectivity index (χ2v) is 11.0. The molecule has 2 aliphatic heterocycles. The van der Waals surface area contributed by atoms with E-state index < -0.39 is 23.6 Å². The van der Waals surface area contributed by atoms with Gasteiger partial charge in [0.25, 0.3) is 0 Å². The zero-order chi connectivity index (χ0) is 26.1. The van der Waals surface area contributed by atoms with E-state index in [1.165, 1.54) is 12.1 Å². The molecule has 1 N–H and O–H groups in total. The van der Waals surface area contributed by atoms with Gasteiger partial charge in [0, 0.05) is 23.9 Å². The van der Waals surface area contributed by atoms with Crippen LogP contribution in [0.1, 0.15) is 61.6 Å². The Hall–Kier alpha value is -2.97. The van der Waals surface area contributed by atoms with Crippen LogP contribution in [0.4, 0.5) is 13.2 Å². The first-order valence-corrected chi connectivity index (χ1v) is 13.6. The van der Waals surface area contributed by atoms with E-state index in [1.807, 2.05) is 6.07 Å². The zero-order valence-electron chi connectivity index (χ0n) is 21.1. The first kappa shape index (κ1) is 24.1. The number of morpholine rings is 1. The molecule has 1 spiro atoms. The van der Waals surface area contributed by atoms with Gasteiger partial charge in [0.1, 0.15) is 5.75 Å². The number of aromatic hydroxyl groups is 1. The molecule has 7 rings (SSSR count). The molecule has 2 aliphatic carbocycles. The average molecular weight is 526 g/mol. The molecule has 1 unspecified atom stereocenters. The highest BCUT2D eigenvalue weighted by Crippen LogP contribution is 2.59. The molecular weight excluding hydrogens is 495 g/mol. The maximum atomic E-state index is 13.9. The Morgan fingerprint density at radius 1 is 0.816 bits per heavy atom. The first-order chi connectivity index (χ1) is 18.3. The number of alkyl halides is 3. The third-order valence-electron chi connectivity index (χ3n) is 8.83. The normalized spacial score (nSPS) is 22.8. The quantitative estimate of drug-likeness (QED) is 0.372. The van der Waals surface area contributed by atoms with Gasteiger partial charge in [-0.25, -0.2) is 4.90 Å². The van der Waals surface area contributed by atoms with Crippen LogP contribution in [0, 0.1) is 0 Å². The van der Waals surface area contributed by atoms with Crippen LogP contribution in [-0.2, 0) is 16.3 Å². The van der Waals surface area contributed by atoms with Crippen molar-refractivity contribution in [3.8, 4) is 28.4 Å². The van der Waals surface area contributed by atoms with Crippen LogP contribution < -0.4 is 9.47 Å². The molecule has 3 aromatic carbocycles. The van der Waals surface area contributed by atoms with Crippen molar-refractivity contribution in [2.75, 3.05) is 26.3 Å². The molecule has 0 amide bonds. The van der Waals surface area contributed by atoms with E-state index in [-0.39, 0.29) is 5.75 Å². The number of phenolic OH excluding ortho intramolecular Hbond substituents is 1. The summed E-state index contributed by atoms with van der Waals surface area (Å²) in [6.45, 7) is 2.59. The predicted molar refractivity (Wildman–Crippen MR) is 137 cm³/mol. The standard InChI is InChI=1S/C30H30F3NO4/c31-30(32,33)18-6-7-19-22(14-18)29(8-4-2-1-3-5-9-29)23-17-24(35)20-15-25-26(16-21(20)27(19)23)38-28(37-25)34-10-12-36-13-11-34/h6-7,14-17,28,35H,1-5,8-13H2. The Balaban J connectivity index is 1.41. The minimum absolute atomic E-state index is 0.116. The van der Waals surface area contributed by atoms with Gasteiger partial charge in [-0.15, -0.1) is 0 Å². The van der Waals surface area contributed by atoms with E-state index in [9.17, 15) is 18.3 Å². The van der Waals surface area contributed by atoms with Crippen molar-refractivity contribution in [1.29, 1.82) is 0 Å². The van der Waals surface area contributed by atoms with Crippen LogP contribution in [0.3, 0.4) is 0 Å². The van der Waals surface area contributed by atoms with Crippen molar-refractivity contribution < 1.29 is 32.5 Å². The van der Waals surface area contributed by atoms with E-state index in [2.05, 4.69) is 4.90 Å². The number of halogens is 3. The maximum Gasteiger partial charge on any atom is 0.416 e. The second-order valence-electron chi connectivity index (χ2n) is 11.0. The number of benzene rings is 3. The Morgan fingerprint density at radius 3 is 2.16 bits per heavy atom. The lowest BCUT2D eigenvalue weighted by Gasteiger charge is -2.34. The number of phenols is 1. The van der Waals surface area contributed by atoms with Gasteiger partial charge in [-0.2, -0.15) is 13.2 Å². The van der Waals surface area contributed by atoms with Crippen molar-refractivity contribution in [1.82, 2.24) is 4.90 Å². The van der Waals surface area contributed by atoms with Gasteiger partial charge >= 0.3 is 12.6 Å². The lowest BCUT2D eigenvalue weighted by atomic mass is 9.69. The van der Waals surface area contributed by atoms with Crippen molar-refractivity contribution >= 4 is 10.8 Å². The van der Waals surface area contributed by atoms with E-state index in [0.717, 1.165) is 72.6 Å². The molecule has 3 aromatic rings. The zero-order valence-corrected chi connectivity index (χ0v) is 21.1. The maximum absolute atomic E-state index is 13.9. The summed E-state index contributed by atoms with van der Waals surface area (Å²) in [5.74, 6) is 1.25. The van der Waals surface area contributed by atoms with E-state index in [4.69, 9.17) is 14.2 Å². The molecular formula is C30H30F3NO4. The third kappa shape index (κ3) is 3.67. The van der Waals surface area contributed by atoms with Crippen LogP contribution in [0.2, 0.25) is 0 Å². The fourth-order valence-electron chi connectivity index (χ4n) is 6.97. The number of nitrogens with zero attached hydrogens (tertiary/aromatic N) is 1. The first-order valence-electron chi connectivity index (χ1n) is 13.6. The lowest BCUT2D eigenvalue weighted by molar-refractivity contribution is -0.137. The molecule has 0 radical (unpaired) electrons. The van der Waals surface area contributed by atoms with Crippen molar-refractivity contribution in [2.45, 2.75) is 63.0 Å². The van der Waals surface area contributed by atoms with Crippen LogP contribution in [-0.4, -0.2) is 42.7 Å². The fourth-order valence-corrected chi connectivity index (χ4v) is 6.97. The third-order valence-corrected chi connectivity index (χ3v) is 8.83. The number of rotatable bonds is 1. The molecule has 2 heterocycles. The lowest BCUT2D eigenvalue weighted by Crippen LogP contribution is -2.47. The molecule has 2 fully saturated rings. The number of ether oxygens (including phenoxy) is 3. The van der Waals surface area contributed by atoms with Gasteiger partial charge in [-0.1, -0.05) is 38.2 Å². The van der Waals surface area contributed by atoms with E-state index >= 15 is 0 Å². The van der Waals surface area contributed by atoms with Crippen LogP contribution in [0.25, 0.3) is 21.9 Å². The smallest absolute Gasteiger partial charge is 0.416 e. The van der Waals surface area contributed by atoms with Crippen molar-refractivity contribution in [3.63, 3.8) is 0 Å². The fraction of sp³-hybridized carbons (Fsp3) is 0.467. The molecule has 1 atom stereocenters. The summed E-state index contributed by atoms with van der Waals surface area (Å²) in [6, 6.07) is 9.67. The van der Waals surface area contributed by atoms with E-state index in [0.29, 0.717) is 43.2 Å². The Kier molecular flexibility index (Phi) is 5.57. The minimum Gasteiger partial charge on any atom is -0.507 e. The topological polar surface area (TPSA) is 51.2 Å². The number of fused-ring (bicyclic) bond motifs is 8. The molecule has 200 valence electrons. The Bertz CT molecular complexity index is 1410. The van der Waals surface area contributed by atoms with Gasteiger partial charge in [-0.3, -0.25) is 0 Å². The highest BCUT2D eigenvalue weighted by Gasteiger charge is 2.46. The van der Waals surface area contributed by atoms with Crippen LogP contribution in [0.15, 0.2) is 36.4 Å². The Labute approximate surface area is 219 Å². The van der Waals surface area contributed by atoms with Gasteiger partial charge in [0.2, 0.25) is 0 Å². The van der Waals surface area contributed by atoms with Crippen molar-refractivity contribution in [3.05, 3.63) is 53.1 Å². The summed E-state index contributed by atoms with van der Waals surface area (Å²) in [5.41, 5.74) is 2.22. The molecule has 1 saturated carbocycles. The summed E-state index contributed by atoms with van der Waals surface area (Å²) in [4.78, 5) is 2.07. The monoisotopic (exact) mass is 525 g/mol. The van der Waals surface area contributed by atoms with Gasteiger partial charge in [0.15, 0.2) is 11.5 Å². The number of hydrogen-bond acceptors (Lipinski definition) is 5. The molecule has 0 bridgehead atoms. The second kappa shape index (κ2) is 8.78. The molecule has 38 heavy (non-hydrogen) atoms. The van der Waals surface area contributed by atoms with E-state index in [1.54, 1.807) is 18.2 Å². The van der Waals surface area contributed by atoms with Gasteiger partial charge in [0.05, 0.1) is 18.8 Å². The molecule has 5 nitrogen and oxygen atoms in total. The van der Waals surface area contributed by atoms with Gasteiger partial charge in [-0.05, 0) is 70.8 Å². The Morgan fingerprint density at radius 2 is 1.47 bits per heavy atom. The summed E-state index contributed by atoms with van der Waals surface area (Å²) >= 11 is 0. The summed E-state index contributed by atoms with van der Waals surface area (Å²) in [6.07, 6.45) is 1.70. The van der Waals surface area contributed by atoms with Crippen molar-refractivity contribution in [2.24, 2.45) is 0 Å². The number of hydrogen-bond donors (Lipinski definition) is 1. The predicted octanol–water partition coefficient (Wildman–Crippen LogP) is 6.96. The molecule has 1 saturated heterocycles. The summed E-state index contributed by atoms with van der Waals surface area (Å²) < 4.78 is 59.3. The summed E-state index contributed by atoms with van der Waals surface area (Å²) in [7, 11) is 0.